The van der Waals surface area contributed by atoms with E-state index in [0.29, 0.717) is 0 Å². The molecule has 0 spiro atoms. The van der Waals surface area contributed by atoms with Crippen molar-refractivity contribution in [2.45, 2.75) is 13.2 Å². The molecule has 0 fully saturated rings. The SMILES string of the molecule is COC(OC)C(C)C=O. The van der Waals surface area contributed by atoms with Gasteiger partial charge in [-0.1, -0.05) is 6.92 Å². The largest absolute Gasteiger partial charge is 0.355 e. The molecular weight excluding hydrogens is 120 g/mol. The van der Waals surface area contributed by atoms with Crippen molar-refractivity contribution in [3.63, 3.8) is 0 Å². The number of rotatable bonds is 4. The predicted molar refractivity (Wildman–Crippen MR) is 33.0 cm³/mol. The summed E-state index contributed by atoms with van der Waals surface area (Å²) in [6, 6.07) is 0. The first-order chi connectivity index (χ1) is 4.26. The van der Waals surface area contributed by atoms with Gasteiger partial charge in [-0.25, -0.2) is 0 Å². The molecule has 0 N–H and O–H groups in total. The van der Waals surface area contributed by atoms with Gasteiger partial charge < -0.3 is 14.3 Å². The summed E-state index contributed by atoms with van der Waals surface area (Å²) in [5.41, 5.74) is 0. The third-order valence-electron chi connectivity index (χ3n) is 1.11. The molecule has 0 aromatic rings. The Bertz CT molecular complexity index is 78.4. The molecule has 0 saturated heterocycles. The van der Waals surface area contributed by atoms with Crippen molar-refractivity contribution in [1.82, 2.24) is 0 Å². The summed E-state index contributed by atoms with van der Waals surface area (Å²) in [4.78, 5) is 10.1. The molecule has 0 aromatic heterocycles. The highest BCUT2D eigenvalue weighted by atomic mass is 16.7. The minimum atomic E-state index is -0.400. The van der Waals surface area contributed by atoms with Crippen molar-refractivity contribution < 1.29 is 14.3 Å². The first-order valence-corrected chi connectivity index (χ1v) is 2.77. The minimum absolute atomic E-state index is 0.194. The van der Waals surface area contributed by atoms with E-state index < -0.39 is 6.29 Å². The average Bonchev–Trinajstić information content (AvgIpc) is 1.90. The summed E-state index contributed by atoms with van der Waals surface area (Å²) in [7, 11) is 3.02. The lowest BCUT2D eigenvalue weighted by atomic mass is 10.2. The lowest BCUT2D eigenvalue weighted by Gasteiger charge is -2.15. The average molecular weight is 132 g/mol. The molecule has 0 aliphatic heterocycles. The van der Waals surface area contributed by atoms with Gasteiger partial charge in [0, 0.05) is 14.2 Å². The van der Waals surface area contributed by atoms with Crippen LogP contribution in [0.2, 0.25) is 0 Å². The van der Waals surface area contributed by atoms with Crippen molar-refractivity contribution in [2.75, 3.05) is 14.2 Å². The van der Waals surface area contributed by atoms with Crippen LogP contribution in [-0.2, 0) is 14.3 Å². The van der Waals surface area contributed by atoms with Gasteiger partial charge in [0.2, 0.25) is 0 Å². The number of hydrogen-bond donors (Lipinski definition) is 0. The third-order valence-corrected chi connectivity index (χ3v) is 1.11. The predicted octanol–water partition coefficient (Wildman–Crippen LogP) is 0.440. The summed E-state index contributed by atoms with van der Waals surface area (Å²) in [5, 5.41) is 0. The second-order valence-corrected chi connectivity index (χ2v) is 1.83. The summed E-state index contributed by atoms with van der Waals surface area (Å²) < 4.78 is 9.60. The number of carbonyl (C=O) groups excluding carboxylic acids is 1. The van der Waals surface area contributed by atoms with E-state index in [1.807, 2.05) is 0 Å². The van der Waals surface area contributed by atoms with E-state index in [-0.39, 0.29) is 5.92 Å². The third kappa shape index (κ3) is 2.58. The molecule has 54 valence electrons. The molecule has 0 aromatic carbocycles. The zero-order chi connectivity index (χ0) is 7.28. The number of aldehydes is 1. The molecule has 1 atom stereocenters. The first kappa shape index (κ1) is 8.59. The lowest BCUT2D eigenvalue weighted by molar-refractivity contribution is -0.145. The molecule has 9 heavy (non-hydrogen) atoms. The van der Waals surface area contributed by atoms with Crippen LogP contribution in [-0.4, -0.2) is 26.8 Å². The first-order valence-electron chi connectivity index (χ1n) is 2.77. The van der Waals surface area contributed by atoms with E-state index in [9.17, 15) is 4.79 Å². The molecule has 0 bridgehead atoms. The van der Waals surface area contributed by atoms with E-state index in [2.05, 4.69) is 0 Å². The molecule has 0 saturated carbocycles. The van der Waals surface area contributed by atoms with E-state index in [4.69, 9.17) is 9.47 Å². The molecule has 3 nitrogen and oxygen atoms in total. The van der Waals surface area contributed by atoms with Crippen LogP contribution < -0.4 is 0 Å². The highest BCUT2D eigenvalue weighted by molar-refractivity contribution is 5.53. The molecule has 3 heteroatoms. The summed E-state index contributed by atoms with van der Waals surface area (Å²) in [6.45, 7) is 1.74. The van der Waals surface area contributed by atoms with E-state index in [1.54, 1.807) is 6.92 Å². The van der Waals surface area contributed by atoms with Crippen LogP contribution in [0.15, 0.2) is 0 Å². The Balaban J connectivity index is 3.63. The maximum Gasteiger partial charge on any atom is 0.165 e. The van der Waals surface area contributed by atoms with Crippen LogP contribution in [0.1, 0.15) is 6.92 Å². The normalized spacial score (nSPS) is 13.8. The van der Waals surface area contributed by atoms with Gasteiger partial charge in [0.25, 0.3) is 0 Å². The quantitative estimate of drug-likeness (QED) is 0.411. The second-order valence-electron chi connectivity index (χ2n) is 1.83. The monoisotopic (exact) mass is 132 g/mol. The fourth-order valence-electron chi connectivity index (χ4n) is 0.590. The lowest BCUT2D eigenvalue weighted by Crippen LogP contribution is -2.23. The zero-order valence-electron chi connectivity index (χ0n) is 5.96. The second kappa shape index (κ2) is 4.47. The highest BCUT2D eigenvalue weighted by Crippen LogP contribution is 2.02. The number of methoxy groups -OCH3 is 2. The van der Waals surface area contributed by atoms with Gasteiger partial charge in [-0.2, -0.15) is 0 Å². The van der Waals surface area contributed by atoms with Crippen molar-refractivity contribution in [1.29, 1.82) is 0 Å². The Morgan fingerprint density at radius 2 is 1.78 bits per heavy atom. The van der Waals surface area contributed by atoms with Gasteiger partial charge in [-0.05, 0) is 0 Å². The van der Waals surface area contributed by atoms with Crippen LogP contribution in [0.4, 0.5) is 0 Å². The fraction of sp³-hybridized carbons (Fsp3) is 0.833. The fourth-order valence-corrected chi connectivity index (χ4v) is 0.590. The van der Waals surface area contributed by atoms with Crippen molar-refractivity contribution in [2.24, 2.45) is 5.92 Å². The Hall–Kier alpha value is -0.410. The van der Waals surface area contributed by atoms with E-state index >= 15 is 0 Å². The van der Waals surface area contributed by atoms with Crippen LogP contribution in [0.25, 0.3) is 0 Å². The van der Waals surface area contributed by atoms with Crippen LogP contribution in [0, 0.1) is 5.92 Å². The minimum Gasteiger partial charge on any atom is -0.355 e. The Morgan fingerprint density at radius 3 is 1.89 bits per heavy atom. The molecular formula is C6H12O3. The topological polar surface area (TPSA) is 35.5 Å². The molecule has 0 amide bonds. The highest BCUT2D eigenvalue weighted by Gasteiger charge is 2.13. The number of ether oxygens (including phenoxy) is 2. The van der Waals surface area contributed by atoms with Gasteiger partial charge in [0.15, 0.2) is 6.29 Å². The standard InChI is InChI=1S/C6H12O3/c1-5(4-7)6(8-2)9-3/h4-6H,1-3H3. The van der Waals surface area contributed by atoms with Crippen LogP contribution >= 0.6 is 0 Å². The maximum absolute atomic E-state index is 10.1. The number of carbonyl (C=O) groups is 1. The van der Waals surface area contributed by atoms with Crippen LogP contribution in [0.3, 0.4) is 0 Å². The Labute approximate surface area is 55.0 Å². The Morgan fingerprint density at radius 1 is 1.33 bits per heavy atom. The van der Waals surface area contributed by atoms with Gasteiger partial charge in [-0.15, -0.1) is 0 Å². The molecule has 0 aliphatic rings. The van der Waals surface area contributed by atoms with Gasteiger partial charge in [-0.3, -0.25) is 0 Å². The van der Waals surface area contributed by atoms with Crippen LogP contribution in [0.5, 0.6) is 0 Å². The molecule has 0 heterocycles. The maximum atomic E-state index is 10.1. The van der Waals surface area contributed by atoms with Crippen molar-refractivity contribution in [3.8, 4) is 0 Å². The van der Waals surface area contributed by atoms with Gasteiger partial charge in [0.05, 0.1) is 5.92 Å². The molecule has 0 radical (unpaired) electrons. The molecule has 0 rings (SSSR count). The summed E-state index contributed by atoms with van der Waals surface area (Å²) in [5.74, 6) is -0.194. The molecule has 1 unspecified atom stereocenters. The van der Waals surface area contributed by atoms with Crippen molar-refractivity contribution >= 4 is 6.29 Å². The zero-order valence-corrected chi connectivity index (χ0v) is 5.96. The summed E-state index contributed by atoms with van der Waals surface area (Å²) in [6.07, 6.45) is 0.403. The number of hydrogen-bond acceptors (Lipinski definition) is 3. The van der Waals surface area contributed by atoms with Gasteiger partial charge >= 0.3 is 0 Å². The Kier molecular flexibility index (Phi) is 4.26. The van der Waals surface area contributed by atoms with Gasteiger partial charge in [0.1, 0.15) is 6.29 Å². The summed E-state index contributed by atoms with van der Waals surface area (Å²) >= 11 is 0. The smallest absolute Gasteiger partial charge is 0.165 e. The van der Waals surface area contributed by atoms with E-state index in [1.165, 1.54) is 14.2 Å². The molecule has 0 aliphatic carbocycles. The van der Waals surface area contributed by atoms with Crippen molar-refractivity contribution in [3.05, 3.63) is 0 Å². The van der Waals surface area contributed by atoms with E-state index in [0.717, 1.165) is 6.29 Å².